The molecule has 0 aliphatic heterocycles. The topological polar surface area (TPSA) is 15.3 Å². The molecule has 0 aliphatic carbocycles. The largest absolute Gasteiger partial charge is 0.311 e. The number of hydrogen-bond donors (Lipinski definition) is 1. The molecule has 96 valence electrons. The van der Waals surface area contributed by atoms with Crippen LogP contribution >= 0.6 is 0 Å². The molecule has 0 bridgehead atoms. The minimum Gasteiger partial charge on any atom is -0.311 e. The number of nitrogens with zero attached hydrogens (tertiary/aromatic N) is 1. The van der Waals surface area contributed by atoms with Crippen LogP contribution in [0.3, 0.4) is 0 Å². The molecular weight excluding hydrogens is 215 g/mol. The fraction of sp³-hybridized carbons (Fsp3) is 0.571. The van der Waals surface area contributed by atoms with E-state index in [2.05, 4.69) is 24.1 Å². The molecule has 1 aromatic rings. The highest BCUT2D eigenvalue weighted by molar-refractivity contribution is 5.23. The Morgan fingerprint density at radius 3 is 2.59 bits per heavy atom. The second-order valence-electron chi connectivity index (χ2n) is 4.30. The second kappa shape index (κ2) is 7.41. The normalized spacial score (nSPS) is 11.1. The van der Waals surface area contributed by atoms with Gasteiger partial charge in [0.05, 0.1) is 0 Å². The van der Waals surface area contributed by atoms with E-state index in [9.17, 15) is 4.39 Å². The van der Waals surface area contributed by atoms with Crippen molar-refractivity contribution in [2.24, 2.45) is 0 Å². The number of rotatable bonds is 7. The summed E-state index contributed by atoms with van der Waals surface area (Å²) < 4.78 is 13.4. The molecule has 0 heterocycles. The summed E-state index contributed by atoms with van der Waals surface area (Å²) in [5, 5.41) is 3.29. The third kappa shape index (κ3) is 4.84. The maximum Gasteiger partial charge on any atom is 0.127 e. The molecule has 0 aromatic heterocycles. The Bertz CT molecular complexity index is 335. The zero-order valence-corrected chi connectivity index (χ0v) is 11.1. The molecule has 0 saturated carbocycles. The van der Waals surface area contributed by atoms with Crippen molar-refractivity contribution in [1.29, 1.82) is 0 Å². The van der Waals surface area contributed by atoms with E-state index in [4.69, 9.17) is 0 Å². The van der Waals surface area contributed by atoms with E-state index in [1.807, 2.05) is 13.0 Å². The van der Waals surface area contributed by atoms with Crippen LogP contribution in [0.5, 0.6) is 0 Å². The van der Waals surface area contributed by atoms with E-state index in [0.29, 0.717) is 6.54 Å². The lowest BCUT2D eigenvalue weighted by atomic mass is 10.1. The van der Waals surface area contributed by atoms with Crippen molar-refractivity contribution >= 4 is 0 Å². The molecule has 1 aromatic carbocycles. The average molecular weight is 238 g/mol. The highest BCUT2D eigenvalue weighted by Gasteiger charge is 2.02. The third-order valence-electron chi connectivity index (χ3n) is 3.02. The fourth-order valence-electron chi connectivity index (χ4n) is 1.84. The Balaban J connectivity index is 2.33. The summed E-state index contributed by atoms with van der Waals surface area (Å²) in [7, 11) is 0. The zero-order chi connectivity index (χ0) is 12.7. The third-order valence-corrected chi connectivity index (χ3v) is 3.02. The van der Waals surface area contributed by atoms with Crippen molar-refractivity contribution < 1.29 is 4.39 Å². The monoisotopic (exact) mass is 238 g/mol. The van der Waals surface area contributed by atoms with E-state index in [0.717, 1.165) is 37.3 Å². The molecule has 0 fully saturated rings. The van der Waals surface area contributed by atoms with Gasteiger partial charge in [-0.3, -0.25) is 0 Å². The first-order valence-corrected chi connectivity index (χ1v) is 6.35. The van der Waals surface area contributed by atoms with Gasteiger partial charge < -0.3 is 10.2 Å². The number of likely N-dealkylation sites (N-methyl/N-ethyl adjacent to an activating group) is 1. The van der Waals surface area contributed by atoms with Crippen LogP contribution in [0.15, 0.2) is 18.2 Å². The van der Waals surface area contributed by atoms with Crippen molar-refractivity contribution in [3.8, 4) is 0 Å². The number of nitrogens with one attached hydrogen (secondary N) is 1. The van der Waals surface area contributed by atoms with Gasteiger partial charge in [0.1, 0.15) is 5.82 Å². The van der Waals surface area contributed by atoms with E-state index < -0.39 is 0 Å². The first-order chi connectivity index (χ1) is 8.17. The van der Waals surface area contributed by atoms with Crippen molar-refractivity contribution in [2.75, 3.05) is 26.2 Å². The SMILES string of the molecule is CCN(CC)CCNCc1cc(C)ccc1F. The first-order valence-electron chi connectivity index (χ1n) is 6.35. The maximum atomic E-state index is 13.4. The van der Waals surface area contributed by atoms with Gasteiger partial charge in [-0.15, -0.1) is 0 Å². The minimum absolute atomic E-state index is 0.120. The predicted octanol–water partition coefficient (Wildman–Crippen LogP) is 2.57. The van der Waals surface area contributed by atoms with Crippen molar-refractivity contribution in [3.05, 3.63) is 35.1 Å². The summed E-state index contributed by atoms with van der Waals surface area (Å²) in [4.78, 5) is 2.35. The summed E-state index contributed by atoms with van der Waals surface area (Å²) in [6, 6.07) is 5.24. The maximum absolute atomic E-state index is 13.4. The van der Waals surface area contributed by atoms with Crippen molar-refractivity contribution in [2.45, 2.75) is 27.3 Å². The fourth-order valence-corrected chi connectivity index (χ4v) is 1.84. The summed E-state index contributed by atoms with van der Waals surface area (Å²) in [5.74, 6) is -0.120. The molecule has 0 spiro atoms. The summed E-state index contributed by atoms with van der Waals surface area (Å²) in [6.07, 6.45) is 0. The molecule has 0 radical (unpaired) electrons. The lowest BCUT2D eigenvalue weighted by Gasteiger charge is -2.18. The van der Waals surface area contributed by atoms with Gasteiger partial charge in [-0.05, 0) is 26.1 Å². The Kier molecular flexibility index (Phi) is 6.16. The lowest BCUT2D eigenvalue weighted by Crippen LogP contribution is -2.31. The molecule has 0 atom stereocenters. The van der Waals surface area contributed by atoms with Crippen LogP contribution in [-0.2, 0) is 6.54 Å². The first kappa shape index (κ1) is 14.1. The highest BCUT2D eigenvalue weighted by Crippen LogP contribution is 2.09. The number of aryl methyl sites for hydroxylation is 1. The smallest absolute Gasteiger partial charge is 0.127 e. The molecule has 0 aliphatic rings. The van der Waals surface area contributed by atoms with Gasteiger partial charge >= 0.3 is 0 Å². The summed E-state index contributed by atoms with van der Waals surface area (Å²) in [5.41, 5.74) is 1.86. The number of halogens is 1. The van der Waals surface area contributed by atoms with Crippen molar-refractivity contribution in [3.63, 3.8) is 0 Å². The van der Waals surface area contributed by atoms with Crippen LogP contribution in [0, 0.1) is 12.7 Å². The zero-order valence-electron chi connectivity index (χ0n) is 11.1. The van der Waals surface area contributed by atoms with Gasteiger partial charge in [-0.1, -0.05) is 31.5 Å². The molecular formula is C14H23FN2. The average Bonchev–Trinajstić information content (AvgIpc) is 2.33. The van der Waals surface area contributed by atoms with Crippen LogP contribution in [0.1, 0.15) is 25.0 Å². The molecule has 3 heteroatoms. The molecule has 1 rings (SSSR count). The molecule has 0 amide bonds. The summed E-state index contributed by atoms with van der Waals surface area (Å²) >= 11 is 0. The van der Waals surface area contributed by atoms with Crippen LogP contribution in [0.2, 0.25) is 0 Å². The molecule has 2 nitrogen and oxygen atoms in total. The number of hydrogen-bond acceptors (Lipinski definition) is 2. The van der Waals surface area contributed by atoms with Gasteiger partial charge in [0.15, 0.2) is 0 Å². The highest BCUT2D eigenvalue weighted by atomic mass is 19.1. The Hall–Kier alpha value is -0.930. The van der Waals surface area contributed by atoms with Gasteiger partial charge in [0.2, 0.25) is 0 Å². The van der Waals surface area contributed by atoms with Crippen LogP contribution < -0.4 is 5.32 Å². The lowest BCUT2D eigenvalue weighted by molar-refractivity contribution is 0.302. The quantitative estimate of drug-likeness (QED) is 0.734. The van der Waals surface area contributed by atoms with E-state index in [1.165, 1.54) is 6.07 Å². The molecule has 0 saturated heterocycles. The van der Waals surface area contributed by atoms with Gasteiger partial charge in [-0.25, -0.2) is 4.39 Å². The van der Waals surface area contributed by atoms with Crippen molar-refractivity contribution in [1.82, 2.24) is 10.2 Å². The number of benzene rings is 1. The van der Waals surface area contributed by atoms with Gasteiger partial charge in [0.25, 0.3) is 0 Å². The van der Waals surface area contributed by atoms with E-state index in [1.54, 1.807) is 6.07 Å². The van der Waals surface area contributed by atoms with E-state index >= 15 is 0 Å². The molecule has 0 unspecified atom stereocenters. The van der Waals surface area contributed by atoms with Crippen LogP contribution in [-0.4, -0.2) is 31.1 Å². The minimum atomic E-state index is -0.120. The standard InChI is InChI=1S/C14H23FN2/c1-4-17(5-2)9-8-16-11-13-10-12(3)6-7-14(13)15/h6-7,10,16H,4-5,8-9,11H2,1-3H3. The van der Waals surface area contributed by atoms with Gasteiger partial charge in [-0.2, -0.15) is 0 Å². The Morgan fingerprint density at radius 2 is 1.94 bits per heavy atom. The predicted molar refractivity (Wildman–Crippen MR) is 70.6 cm³/mol. The summed E-state index contributed by atoms with van der Waals surface area (Å²) in [6.45, 7) is 10.9. The second-order valence-corrected chi connectivity index (χ2v) is 4.30. The Morgan fingerprint density at radius 1 is 1.24 bits per heavy atom. The van der Waals surface area contributed by atoms with Crippen LogP contribution in [0.25, 0.3) is 0 Å². The molecule has 1 N–H and O–H groups in total. The van der Waals surface area contributed by atoms with E-state index in [-0.39, 0.29) is 5.82 Å². The Labute approximate surface area is 104 Å². The van der Waals surface area contributed by atoms with Crippen LogP contribution in [0.4, 0.5) is 4.39 Å². The molecule has 17 heavy (non-hydrogen) atoms. The van der Waals surface area contributed by atoms with Gasteiger partial charge in [0, 0.05) is 25.2 Å².